The topological polar surface area (TPSA) is 15.3 Å². The Labute approximate surface area is 96.4 Å². The summed E-state index contributed by atoms with van der Waals surface area (Å²) in [5.74, 6) is 0.709. The summed E-state index contributed by atoms with van der Waals surface area (Å²) in [6, 6.07) is 1.33. The third-order valence-corrected chi connectivity index (χ3v) is 3.21. The first-order valence-corrected chi connectivity index (χ1v) is 6.46. The Bertz CT molecular complexity index is 145. The van der Waals surface area contributed by atoms with Gasteiger partial charge in [0.1, 0.15) is 0 Å². The first kappa shape index (κ1) is 14.9. The molecular weight excluding hydrogens is 184 g/mol. The zero-order valence-electron chi connectivity index (χ0n) is 11.5. The lowest BCUT2D eigenvalue weighted by atomic mass is 10.0. The minimum Gasteiger partial charge on any atom is -0.313 e. The van der Waals surface area contributed by atoms with Crippen LogP contribution >= 0.6 is 0 Å². The van der Waals surface area contributed by atoms with Gasteiger partial charge in [-0.05, 0) is 32.9 Å². The van der Waals surface area contributed by atoms with Crippen molar-refractivity contribution in [3.8, 4) is 0 Å². The largest absolute Gasteiger partial charge is 0.313 e. The molecule has 0 rings (SSSR count). The van der Waals surface area contributed by atoms with Crippen LogP contribution in [0.5, 0.6) is 0 Å². The number of hydrogen-bond donors (Lipinski definition) is 1. The van der Waals surface area contributed by atoms with Crippen LogP contribution in [0, 0.1) is 5.92 Å². The predicted molar refractivity (Wildman–Crippen MR) is 69.3 cm³/mol. The van der Waals surface area contributed by atoms with Crippen LogP contribution in [0.3, 0.4) is 0 Å². The molecule has 15 heavy (non-hydrogen) atoms. The second kappa shape index (κ2) is 8.12. The SMILES string of the molecule is CCCC(C)N(C)CC(NCC)C(C)C. The van der Waals surface area contributed by atoms with Crippen molar-refractivity contribution < 1.29 is 0 Å². The van der Waals surface area contributed by atoms with Crippen molar-refractivity contribution in [2.75, 3.05) is 20.1 Å². The fraction of sp³-hybridized carbons (Fsp3) is 1.00. The lowest BCUT2D eigenvalue weighted by Crippen LogP contribution is -2.45. The van der Waals surface area contributed by atoms with E-state index in [4.69, 9.17) is 0 Å². The molecule has 2 nitrogen and oxygen atoms in total. The van der Waals surface area contributed by atoms with Gasteiger partial charge in [0.25, 0.3) is 0 Å². The zero-order chi connectivity index (χ0) is 11.8. The molecule has 0 saturated carbocycles. The molecule has 0 bridgehead atoms. The molecule has 0 heterocycles. The molecule has 92 valence electrons. The summed E-state index contributed by atoms with van der Waals surface area (Å²) < 4.78 is 0. The molecule has 2 unspecified atom stereocenters. The fourth-order valence-corrected chi connectivity index (χ4v) is 1.90. The standard InChI is InChI=1S/C13H30N2/c1-7-9-12(5)15(6)10-13(11(3)4)14-8-2/h11-14H,7-10H2,1-6H3. The van der Waals surface area contributed by atoms with Gasteiger partial charge in [-0.1, -0.05) is 34.1 Å². The Morgan fingerprint density at radius 3 is 2.13 bits per heavy atom. The van der Waals surface area contributed by atoms with Gasteiger partial charge in [-0.25, -0.2) is 0 Å². The zero-order valence-corrected chi connectivity index (χ0v) is 11.5. The smallest absolute Gasteiger partial charge is 0.0217 e. The monoisotopic (exact) mass is 214 g/mol. The van der Waals surface area contributed by atoms with Crippen LogP contribution in [0.4, 0.5) is 0 Å². The van der Waals surface area contributed by atoms with E-state index in [1.165, 1.54) is 12.8 Å². The Hall–Kier alpha value is -0.0800. The molecule has 0 amide bonds. The molecule has 0 aliphatic heterocycles. The third kappa shape index (κ3) is 6.16. The van der Waals surface area contributed by atoms with E-state index < -0.39 is 0 Å². The van der Waals surface area contributed by atoms with Crippen molar-refractivity contribution >= 4 is 0 Å². The maximum atomic E-state index is 3.57. The molecule has 2 atom stereocenters. The Morgan fingerprint density at radius 1 is 1.13 bits per heavy atom. The van der Waals surface area contributed by atoms with Crippen LogP contribution in [-0.4, -0.2) is 37.1 Å². The minimum absolute atomic E-state index is 0.624. The molecule has 0 aliphatic carbocycles. The van der Waals surface area contributed by atoms with E-state index >= 15 is 0 Å². The van der Waals surface area contributed by atoms with Crippen LogP contribution in [0.2, 0.25) is 0 Å². The first-order valence-electron chi connectivity index (χ1n) is 6.46. The predicted octanol–water partition coefficient (Wildman–Crippen LogP) is 2.74. The maximum Gasteiger partial charge on any atom is 0.0217 e. The van der Waals surface area contributed by atoms with Gasteiger partial charge in [-0.3, -0.25) is 0 Å². The summed E-state index contributed by atoms with van der Waals surface area (Å²) in [7, 11) is 2.24. The highest BCUT2D eigenvalue weighted by Gasteiger charge is 2.16. The van der Waals surface area contributed by atoms with E-state index in [0.29, 0.717) is 18.0 Å². The number of nitrogens with one attached hydrogen (secondary N) is 1. The van der Waals surface area contributed by atoms with E-state index in [-0.39, 0.29) is 0 Å². The third-order valence-electron chi connectivity index (χ3n) is 3.21. The van der Waals surface area contributed by atoms with Crippen LogP contribution in [0.25, 0.3) is 0 Å². The summed E-state index contributed by atoms with van der Waals surface area (Å²) >= 11 is 0. The van der Waals surface area contributed by atoms with Gasteiger partial charge in [0.15, 0.2) is 0 Å². The van der Waals surface area contributed by atoms with E-state index in [1.807, 2.05) is 0 Å². The summed E-state index contributed by atoms with van der Waals surface area (Å²) in [5, 5.41) is 3.57. The van der Waals surface area contributed by atoms with E-state index in [9.17, 15) is 0 Å². The highest BCUT2D eigenvalue weighted by Crippen LogP contribution is 2.08. The number of hydrogen-bond acceptors (Lipinski definition) is 2. The molecule has 0 saturated heterocycles. The molecule has 0 aromatic rings. The number of nitrogens with zero attached hydrogens (tertiary/aromatic N) is 1. The van der Waals surface area contributed by atoms with Crippen molar-refractivity contribution in [1.82, 2.24) is 10.2 Å². The van der Waals surface area contributed by atoms with Crippen LogP contribution in [0.15, 0.2) is 0 Å². The van der Waals surface area contributed by atoms with Crippen molar-refractivity contribution in [2.45, 2.75) is 59.5 Å². The number of likely N-dealkylation sites (N-methyl/N-ethyl adjacent to an activating group) is 2. The normalized spacial score (nSPS) is 16.0. The van der Waals surface area contributed by atoms with Gasteiger partial charge >= 0.3 is 0 Å². The average molecular weight is 214 g/mol. The minimum atomic E-state index is 0.624. The van der Waals surface area contributed by atoms with E-state index in [1.54, 1.807) is 0 Å². The summed E-state index contributed by atoms with van der Waals surface area (Å²) in [6.07, 6.45) is 2.58. The Balaban J connectivity index is 4.03. The second-order valence-corrected chi connectivity index (χ2v) is 4.99. The first-order chi connectivity index (χ1) is 7.02. The van der Waals surface area contributed by atoms with Gasteiger partial charge in [0.05, 0.1) is 0 Å². The molecular formula is C13H30N2. The Kier molecular flexibility index (Phi) is 8.07. The highest BCUT2D eigenvalue weighted by molar-refractivity contribution is 4.75. The molecule has 2 heteroatoms. The number of rotatable bonds is 8. The molecule has 0 aromatic carbocycles. The molecule has 0 fully saturated rings. The van der Waals surface area contributed by atoms with Crippen molar-refractivity contribution in [3.63, 3.8) is 0 Å². The molecule has 0 aliphatic rings. The molecule has 1 N–H and O–H groups in total. The Morgan fingerprint density at radius 2 is 1.73 bits per heavy atom. The quantitative estimate of drug-likeness (QED) is 0.668. The summed E-state index contributed by atoms with van der Waals surface area (Å²) in [4.78, 5) is 2.48. The lowest BCUT2D eigenvalue weighted by molar-refractivity contribution is 0.199. The van der Waals surface area contributed by atoms with Crippen molar-refractivity contribution in [1.29, 1.82) is 0 Å². The van der Waals surface area contributed by atoms with Crippen molar-refractivity contribution in [2.24, 2.45) is 5.92 Å². The highest BCUT2D eigenvalue weighted by atomic mass is 15.1. The second-order valence-electron chi connectivity index (χ2n) is 4.99. The van der Waals surface area contributed by atoms with Crippen LogP contribution < -0.4 is 5.32 Å². The molecule has 0 aromatic heterocycles. The van der Waals surface area contributed by atoms with Gasteiger partial charge in [0, 0.05) is 18.6 Å². The maximum absolute atomic E-state index is 3.57. The fourth-order valence-electron chi connectivity index (χ4n) is 1.90. The van der Waals surface area contributed by atoms with Gasteiger partial charge in [-0.15, -0.1) is 0 Å². The summed E-state index contributed by atoms with van der Waals surface area (Å²) in [5.41, 5.74) is 0. The van der Waals surface area contributed by atoms with Gasteiger partial charge < -0.3 is 10.2 Å². The van der Waals surface area contributed by atoms with Crippen molar-refractivity contribution in [3.05, 3.63) is 0 Å². The molecule has 0 radical (unpaired) electrons. The van der Waals surface area contributed by atoms with Gasteiger partial charge in [-0.2, -0.15) is 0 Å². The lowest BCUT2D eigenvalue weighted by Gasteiger charge is -2.31. The van der Waals surface area contributed by atoms with Crippen LogP contribution in [-0.2, 0) is 0 Å². The average Bonchev–Trinajstić information content (AvgIpc) is 2.17. The van der Waals surface area contributed by atoms with Gasteiger partial charge in [0.2, 0.25) is 0 Å². The summed E-state index contributed by atoms with van der Waals surface area (Å²) in [6.45, 7) is 13.6. The van der Waals surface area contributed by atoms with Crippen LogP contribution in [0.1, 0.15) is 47.5 Å². The van der Waals surface area contributed by atoms with E-state index in [2.05, 4.69) is 51.9 Å². The molecule has 0 spiro atoms. The van der Waals surface area contributed by atoms with E-state index in [0.717, 1.165) is 13.1 Å².